The van der Waals surface area contributed by atoms with Crippen LogP contribution in [0.1, 0.15) is 41.6 Å². The van der Waals surface area contributed by atoms with Crippen molar-refractivity contribution in [2.45, 2.75) is 37.1 Å². The Morgan fingerprint density at radius 3 is 2.47 bits per heavy atom. The van der Waals surface area contributed by atoms with Crippen LogP contribution in [0.25, 0.3) is 0 Å². The number of carbonyl (C=O) groups excluding carboxylic acids is 3. The highest BCUT2D eigenvalue weighted by molar-refractivity contribution is 7.98. The van der Waals surface area contributed by atoms with E-state index in [-0.39, 0.29) is 29.1 Å². The number of nitrogens with zero attached hydrogens (tertiary/aromatic N) is 4. The lowest BCUT2D eigenvalue weighted by Gasteiger charge is -2.39. The molecule has 3 aliphatic rings. The summed E-state index contributed by atoms with van der Waals surface area (Å²) in [7, 11) is 0. The van der Waals surface area contributed by atoms with Crippen molar-refractivity contribution in [2.24, 2.45) is 11.3 Å². The molecule has 3 amide bonds. The molecule has 1 atom stereocenters. The van der Waals surface area contributed by atoms with Crippen LogP contribution in [0.15, 0.2) is 53.7 Å². The molecule has 0 N–H and O–H groups in total. The Morgan fingerprint density at radius 2 is 1.75 bits per heavy atom. The van der Waals surface area contributed by atoms with Crippen LogP contribution < -0.4 is 0 Å². The third-order valence-corrected chi connectivity index (χ3v) is 8.85. The summed E-state index contributed by atoms with van der Waals surface area (Å²) < 4.78 is 0. The topological polar surface area (TPSA) is 73.8 Å². The Bertz CT molecular complexity index is 1120. The van der Waals surface area contributed by atoms with Crippen molar-refractivity contribution in [1.82, 2.24) is 19.7 Å². The van der Waals surface area contributed by atoms with Gasteiger partial charge < -0.3 is 14.7 Å². The first-order valence-electron chi connectivity index (χ1n) is 12.9. The number of hydrogen-bond acceptors (Lipinski definition) is 5. The summed E-state index contributed by atoms with van der Waals surface area (Å²) in [6.07, 6.45) is 7.58. The second kappa shape index (κ2) is 10.6. The molecule has 3 fully saturated rings. The van der Waals surface area contributed by atoms with Crippen LogP contribution in [0.2, 0.25) is 0 Å². The van der Waals surface area contributed by atoms with Gasteiger partial charge in [0.05, 0.1) is 11.5 Å². The average Bonchev–Trinajstić information content (AvgIpc) is 3.51. The number of pyridine rings is 1. The number of carbonyl (C=O) groups is 3. The third-order valence-electron chi connectivity index (χ3n) is 8.13. The highest BCUT2D eigenvalue weighted by Crippen LogP contribution is 2.41. The lowest BCUT2D eigenvalue weighted by atomic mass is 9.77. The first kappa shape index (κ1) is 24.8. The molecule has 0 aliphatic carbocycles. The van der Waals surface area contributed by atoms with Crippen molar-refractivity contribution >= 4 is 29.5 Å². The van der Waals surface area contributed by atoms with Crippen LogP contribution in [0.4, 0.5) is 0 Å². The fourth-order valence-electron chi connectivity index (χ4n) is 5.92. The van der Waals surface area contributed by atoms with E-state index in [4.69, 9.17) is 0 Å². The van der Waals surface area contributed by atoms with Crippen molar-refractivity contribution in [3.8, 4) is 0 Å². The number of benzene rings is 1. The summed E-state index contributed by atoms with van der Waals surface area (Å²) in [5.41, 5.74) is 1.96. The van der Waals surface area contributed by atoms with E-state index in [1.807, 2.05) is 51.3 Å². The van der Waals surface area contributed by atoms with Crippen molar-refractivity contribution in [2.75, 3.05) is 45.5 Å². The molecule has 1 aromatic heterocycles. The molecule has 8 heteroatoms. The van der Waals surface area contributed by atoms with Gasteiger partial charge in [0.2, 0.25) is 11.8 Å². The monoisotopic (exact) mass is 506 g/mol. The first-order chi connectivity index (χ1) is 17.5. The van der Waals surface area contributed by atoms with Crippen molar-refractivity contribution in [1.29, 1.82) is 0 Å². The van der Waals surface area contributed by atoms with E-state index < -0.39 is 0 Å². The highest BCUT2D eigenvalue weighted by Gasteiger charge is 2.45. The Hall–Kier alpha value is -2.87. The molecule has 2 aromatic rings. The molecule has 5 rings (SSSR count). The van der Waals surface area contributed by atoms with E-state index in [1.165, 1.54) is 17.3 Å². The lowest BCUT2D eigenvalue weighted by Crippen LogP contribution is -2.45. The fourth-order valence-corrected chi connectivity index (χ4v) is 6.46. The number of piperidine rings is 1. The Balaban J connectivity index is 1.13. The zero-order valence-corrected chi connectivity index (χ0v) is 21.7. The summed E-state index contributed by atoms with van der Waals surface area (Å²) in [6, 6.07) is 13.8. The highest BCUT2D eigenvalue weighted by atomic mass is 32.2. The van der Waals surface area contributed by atoms with Crippen LogP contribution >= 0.6 is 11.8 Å². The molecule has 190 valence electrons. The van der Waals surface area contributed by atoms with Crippen LogP contribution in [0.3, 0.4) is 0 Å². The minimum atomic E-state index is -0.236. The van der Waals surface area contributed by atoms with Gasteiger partial charge in [-0.2, -0.15) is 0 Å². The maximum absolute atomic E-state index is 13.3. The van der Waals surface area contributed by atoms with E-state index >= 15 is 0 Å². The van der Waals surface area contributed by atoms with Crippen LogP contribution in [-0.4, -0.2) is 82.9 Å². The van der Waals surface area contributed by atoms with Crippen molar-refractivity contribution in [3.63, 3.8) is 0 Å². The number of thioether (sulfide) groups is 1. The van der Waals surface area contributed by atoms with Crippen molar-refractivity contribution < 1.29 is 14.4 Å². The zero-order valence-electron chi connectivity index (χ0n) is 20.9. The summed E-state index contributed by atoms with van der Waals surface area (Å²) in [4.78, 5) is 49.2. The summed E-state index contributed by atoms with van der Waals surface area (Å²) in [6.45, 7) is 4.10. The van der Waals surface area contributed by atoms with Crippen LogP contribution in [0.5, 0.6) is 0 Å². The molecule has 0 bridgehead atoms. The minimum Gasteiger partial charge on any atom is -0.342 e. The van der Waals surface area contributed by atoms with Gasteiger partial charge >= 0.3 is 0 Å². The molecule has 3 aliphatic heterocycles. The number of hydrogen-bond donors (Lipinski definition) is 0. The zero-order chi connectivity index (χ0) is 25.1. The summed E-state index contributed by atoms with van der Waals surface area (Å²) >= 11 is 1.49. The van der Waals surface area contributed by atoms with E-state index in [0.29, 0.717) is 38.2 Å². The third kappa shape index (κ3) is 5.14. The van der Waals surface area contributed by atoms with Crippen LogP contribution in [0, 0.1) is 11.3 Å². The van der Waals surface area contributed by atoms with Gasteiger partial charge in [-0.15, -0.1) is 11.8 Å². The molecule has 7 nitrogen and oxygen atoms in total. The molecule has 1 spiro atoms. The average molecular weight is 507 g/mol. The van der Waals surface area contributed by atoms with Gasteiger partial charge in [-0.25, -0.2) is 4.98 Å². The van der Waals surface area contributed by atoms with E-state index in [0.717, 1.165) is 43.8 Å². The number of amides is 3. The number of aromatic nitrogens is 1. The maximum Gasteiger partial charge on any atom is 0.256 e. The molecule has 0 radical (unpaired) electrons. The van der Waals surface area contributed by atoms with Crippen LogP contribution in [-0.2, 0) is 16.0 Å². The van der Waals surface area contributed by atoms with Gasteiger partial charge in [0.15, 0.2) is 0 Å². The summed E-state index contributed by atoms with van der Waals surface area (Å²) in [5, 5.41) is 0.768. The molecular weight excluding hydrogens is 472 g/mol. The van der Waals surface area contributed by atoms with E-state index in [2.05, 4.69) is 17.1 Å². The molecule has 1 aromatic carbocycles. The smallest absolute Gasteiger partial charge is 0.256 e. The Labute approximate surface area is 217 Å². The van der Waals surface area contributed by atoms with Gasteiger partial charge in [0, 0.05) is 51.9 Å². The summed E-state index contributed by atoms with van der Waals surface area (Å²) in [5.74, 6) is 0.0277. The predicted octanol–water partition coefficient (Wildman–Crippen LogP) is 3.35. The normalized spacial score (nSPS) is 21.4. The van der Waals surface area contributed by atoms with E-state index in [1.54, 1.807) is 6.20 Å². The standard InChI is InChI=1S/C28H34N4O3S/c1-36-25-23(8-5-13-29-25)27(35)30-15-10-28(11-16-30)12-17-32(20-28)26(34)22-18-24(33)31(19-22)14-9-21-6-3-2-4-7-21/h2-8,13,22H,9-12,14-20H2,1H3. The van der Waals surface area contributed by atoms with Gasteiger partial charge in [0.1, 0.15) is 5.03 Å². The first-order valence-corrected chi connectivity index (χ1v) is 14.1. The molecule has 36 heavy (non-hydrogen) atoms. The SMILES string of the molecule is CSc1ncccc1C(=O)N1CCC2(CC1)CCN(C(=O)C1CC(=O)N(CCc3ccccc3)C1)C2. The van der Waals surface area contributed by atoms with Gasteiger partial charge in [0.25, 0.3) is 5.91 Å². The molecule has 0 saturated carbocycles. The maximum atomic E-state index is 13.3. The number of likely N-dealkylation sites (tertiary alicyclic amines) is 3. The molecule has 1 unspecified atom stereocenters. The minimum absolute atomic E-state index is 0.0493. The second-order valence-electron chi connectivity index (χ2n) is 10.3. The van der Waals surface area contributed by atoms with Crippen molar-refractivity contribution in [3.05, 3.63) is 59.8 Å². The molecule has 3 saturated heterocycles. The lowest BCUT2D eigenvalue weighted by molar-refractivity contribution is -0.135. The quantitative estimate of drug-likeness (QED) is 0.562. The van der Waals surface area contributed by atoms with Gasteiger partial charge in [-0.1, -0.05) is 30.3 Å². The molecular formula is C28H34N4O3S. The fraction of sp³-hybridized carbons (Fsp3) is 0.500. The van der Waals surface area contributed by atoms with E-state index in [9.17, 15) is 14.4 Å². The molecule has 4 heterocycles. The van der Waals surface area contributed by atoms with Gasteiger partial charge in [-0.05, 0) is 55.1 Å². The van der Waals surface area contributed by atoms with Gasteiger partial charge in [-0.3, -0.25) is 14.4 Å². The number of rotatable bonds is 6. The predicted molar refractivity (Wildman–Crippen MR) is 140 cm³/mol. The largest absolute Gasteiger partial charge is 0.342 e. The Morgan fingerprint density at radius 1 is 1.03 bits per heavy atom. The second-order valence-corrected chi connectivity index (χ2v) is 11.1. The Kier molecular flexibility index (Phi) is 7.32.